The zero-order valence-electron chi connectivity index (χ0n) is 18.5. The summed E-state index contributed by atoms with van der Waals surface area (Å²) in [6.07, 6.45) is 1.58. The van der Waals surface area contributed by atoms with Crippen LogP contribution in [-0.2, 0) is 24.9 Å². The number of carbonyl (C=O) groups excluding carboxylic acids is 1. The van der Waals surface area contributed by atoms with Crippen molar-refractivity contribution in [3.63, 3.8) is 0 Å². The van der Waals surface area contributed by atoms with Gasteiger partial charge in [0.15, 0.2) is 5.52 Å². The third-order valence-corrected chi connectivity index (χ3v) is 5.44. The first-order valence-corrected chi connectivity index (χ1v) is 10.3. The summed E-state index contributed by atoms with van der Waals surface area (Å²) in [6, 6.07) is 13.2. The zero-order valence-corrected chi connectivity index (χ0v) is 18.5. The summed E-state index contributed by atoms with van der Waals surface area (Å²) >= 11 is 0. The van der Waals surface area contributed by atoms with Crippen LogP contribution in [0.25, 0.3) is 11.0 Å². The number of amides is 1. The van der Waals surface area contributed by atoms with Crippen LogP contribution >= 0.6 is 0 Å². The summed E-state index contributed by atoms with van der Waals surface area (Å²) in [4.78, 5) is 39.2. The molecule has 8 heteroatoms. The zero-order chi connectivity index (χ0) is 23.0. The number of nitrogens with one attached hydrogen (secondary N) is 1. The van der Waals surface area contributed by atoms with Crippen molar-refractivity contribution in [3.8, 4) is 0 Å². The quantitative estimate of drug-likeness (QED) is 0.526. The van der Waals surface area contributed by atoms with Gasteiger partial charge in [-0.15, -0.1) is 0 Å². The topological polar surface area (TPSA) is 90.9 Å². The Bertz CT molecular complexity index is 1420. The van der Waals surface area contributed by atoms with Crippen LogP contribution in [0.2, 0.25) is 0 Å². The molecule has 0 aliphatic carbocycles. The van der Waals surface area contributed by atoms with Gasteiger partial charge in [-0.1, -0.05) is 48.0 Å². The van der Waals surface area contributed by atoms with Crippen LogP contribution in [-0.4, -0.2) is 24.8 Å². The number of aryl methyl sites for hydroxylation is 4. The first-order chi connectivity index (χ1) is 15.2. The molecule has 2 aromatic carbocycles. The fraction of sp³-hybridized carbons (Fsp3) is 0.250. The lowest BCUT2D eigenvalue weighted by molar-refractivity contribution is -0.116. The minimum absolute atomic E-state index is 0.100. The number of carbonyl (C=O) groups is 1. The Hall–Kier alpha value is -3.94. The highest BCUT2D eigenvalue weighted by atomic mass is 16.2. The monoisotopic (exact) mass is 431 g/mol. The van der Waals surface area contributed by atoms with Crippen LogP contribution in [0.3, 0.4) is 0 Å². The standard InChI is InChI=1S/C24H25N5O3/c1-15-10-16(2)21(17(3)11-15)25-20(30)14-28-19-13-27(4)26-22(19)23(31)29(24(28)32)12-18-8-6-5-7-9-18/h5-11,13H,12,14H2,1-4H3,(H,25,30). The smallest absolute Gasteiger partial charge is 0.324 e. The molecule has 0 aliphatic rings. The van der Waals surface area contributed by atoms with Crippen LogP contribution in [0, 0.1) is 20.8 Å². The van der Waals surface area contributed by atoms with E-state index in [2.05, 4.69) is 10.4 Å². The number of fused-ring (bicyclic) bond motifs is 1. The summed E-state index contributed by atoms with van der Waals surface area (Å²) < 4.78 is 3.90. The van der Waals surface area contributed by atoms with Crippen molar-refractivity contribution in [1.29, 1.82) is 0 Å². The van der Waals surface area contributed by atoms with Gasteiger partial charge in [0.25, 0.3) is 5.56 Å². The molecule has 2 heterocycles. The lowest BCUT2D eigenvalue weighted by Crippen LogP contribution is -2.42. The molecule has 1 N–H and O–H groups in total. The molecular formula is C24H25N5O3. The molecule has 0 unspecified atom stereocenters. The van der Waals surface area contributed by atoms with Crippen molar-refractivity contribution in [3.05, 3.63) is 91.8 Å². The number of hydrogen-bond donors (Lipinski definition) is 1. The number of benzene rings is 2. The summed E-state index contributed by atoms with van der Waals surface area (Å²) in [7, 11) is 1.68. The molecular weight excluding hydrogens is 406 g/mol. The second kappa shape index (κ2) is 8.30. The summed E-state index contributed by atoms with van der Waals surface area (Å²) in [5.41, 5.74) is 4.01. The van der Waals surface area contributed by atoms with Gasteiger partial charge in [-0.05, 0) is 37.5 Å². The predicted octanol–water partition coefficient (Wildman–Crippen LogP) is 2.51. The van der Waals surface area contributed by atoms with Gasteiger partial charge >= 0.3 is 5.69 Å². The van der Waals surface area contributed by atoms with Crippen LogP contribution in [0.15, 0.2) is 58.3 Å². The molecule has 0 radical (unpaired) electrons. The molecule has 32 heavy (non-hydrogen) atoms. The van der Waals surface area contributed by atoms with E-state index in [1.807, 2.05) is 63.2 Å². The average Bonchev–Trinajstić information content (AvgIpc) is 3.13. The number of rotatable bonds is 5. The highest BCUT2D eigenvalue weighted by Crippen LogP contribution is 2.22. The summed E-state index contributed by atoms with van der Waals surface area (Å²) in [5.74, 6) is -0.350. The first-order valence-electron chi connectivity index (χ1n) is 10.3. The van der Waals surface area contributed by atoms with Crippen LogP contribution in [0.1, 0.15) is 22.3 Å². The molecule has 0 bridgehead atoms. The van der Waals surface area contributed by atoms with Crippen molar-refractivity contribution in [2.45, 2.75) is 33.9 Å². The normalized spacial score (nSPS) is 11.1. The highest BCUT2D eigenvalue weighted by Gasteiger charge is 2.19. The van der Waals surface area contributed by atoms with Crippen molar-refractivity contribution < 1.29 is 4.79 Å². The van der Waals surface area contributed by atoms with E-state index in [0.29, 0.717) is 5.52 Å². The fourth-order valence-electron chi connectivity index (χ4n) is 4.05. The van der Waals surface area contributed by atoms with Gasteiger partial charge in [-0.25, -0.2) is 4.79 Å². The van der Waals surface area contributed by atoms with Crippen LogP contribution in [0.5, 0.6) is 0 Å². The minimum atomic E-state index is -0.549. The molecule has 0 aliphatic heterocycles. The maximum atomic E-state index is 13.3. The molecule has 4 rings (SSSR count). The van der Waals surface area contributed by atoms with E-state index in [0.717, 1.165) is 32.5 Å². The molecule has 0 saturated heterocycles. The fourth-order valence-corrected chi connectivity index (χ4v) is 4.05. The molecule has 8 nitrogen and oxygen atoms in total. The van der Waals surface area contributed by atoms with Gasteiger partial charge in [-0.2, -0.15) is 5.10 Å². The highest BCUT2D eigenvalue weighted by molar-refractivity contribution is 5.93. The van der Waals surface area contributed by atoms with E-state index in [1.165, 1.54) is 9.25 Å². The Morgan fingerprint density at radius 2 is 1.66 bits per heavy atom. The summed E-state index contributed by atoms with van der Waals surface area (Å²) in [6.45, 7) is 5.73. The Morgan fingerprint density at radius 3 is 2.31 bits per heavy atom. The third kappa shape index (κ3) is 3.99. The first kappa shape index (κ1) is 21.3. The molecule has 0 fully saturated rings. The van der Waals surface area contributed by atoms with Gasteiger partial charge in [0.2, 0.25) is 5.91 Å². The molecule has 1 amide bonds. The Labute approximate surface area is 184 Å². The third-order valence-electron chi connectivity index (χ3n) is 5.44. The molecule has 2 aromatic heterocycles. The maximum absolute atomic E-state index is 13.3. The van der Waals surface area contributed by atoms with Crippen molar-refractivity contribution in [2.24, 2.45) is 7.05 Å². The van der Waals surface area contributed by atoms with Gasteiger partial charge < -0.3 is 5.32 Å². The second-order valence-electron chi connectivity index (χ2n) is 8.10. The van der Waals surface area contributed by atoms with E-state index in [-0.39, 0.29) is 24.5 Å². The van der Waals surface area contributed by atoms with Crippen molar-refractivity contribution >= 4 is 22.6 Å². The number of aromatic nitrogens is 4. The van der Waals surface area contributed by atoms with Gasteiger partial charge in [0, 0.05) is 18.9 Å². The maximum Gasteiger partial charge on any atom is 0.332 e. The van der Waals surface area contributed by atoms with Crippen LogP contribution < -0.4 is 16.6 Å². The second-order valence-corrected chi connectivity index (χ2v) is 8.10. The Morgan fingerprint density at radius 1 is 1.00 bits per heavy atom. The van der Waals surface area contributed by atoms with Gasteiger partial charge in [-0.3, -0.25) is 23.4 Å². The van der Waals surface area contributed by atoms with Crippen LogP contribution in [0.4, 0.5) is 5.69 Å². The Kier molecular flexibility index (Phi) is 5.52. The SMILES string of the molecule is Cc1cc(C)c(NC(=O)Cn2c(=O)n(Cc3ccccc3)c(=O)c3nn(C)cc32)c(C)c1. The number of hydrogen-bond acceptors (Lipinski definition) is 4. The van der Waals surface area contributed by atoms with Gasteiger partial charge in [0.05, 0.1) is 12.1 Å². The predicted molar refractivity (Wildman–Crippen MR) is 124 cm³/mol. The van der Waals surface area contributed by atoms with Crippen molar-refractivity contribution in [2.75, 3.05) is 5.32 Å². The van der Waals surface area contributed by atoms with E-state index in [4.69, 9.17) is 0 Å². The average molecular weight is 431 g/mol. The lowest BCUT2D eigenvalue weighted by atomic mass is 10.1. The lowest BCUT2D eigenvalue weighted by Gasteiger charge is -2.15. The van der Waals surface area contributed by atoms with E-state index < -0.39 is 11.2 Å². The molecule has 4 aromatic rings. The molecule has 164 valence electrons. The van der Waals surface area contributed by atoms with Gasteiger partial charge in [0.1, 0.15) is 6.54 Å². The molecule has 0 atom stereocenters. The van der Waals surface area contributed by atoms with Crippen molar-refractivity contribution in [1.82, 2.24) is 18.9 Å². The summed E-state index contributed by atoms with van der Waals surface area (Å²) in [5, 5.41) is 7.16. The Balaban J connectivity index is 1.76. The largest absolute Gasteiger partial charge is 0.332 e. The molecule has 0 saturated carbocycles. The number of anilines is 1. The van der Waals surface area contributed by atoms with E-state index >= 15 is 0 Å². The number of nitrogens with zero attached hydrogens (tertiary/aromatic N) is 4. The van der Waals surface area contributed by atoms with E-state index in [1.54, 1.807) is 13.2 Å². The van der Waals surface area contributed by atoms with E-state index in [9.17, 15) is 14.4 Å². The molecule has 0 spiro atoms. The minimum Gasteiger partial charge on any atom is -0.324 e.